The zero-order chi connectivity index (χ0) is 13.3. The largest absolute Gasteiger partial charge is 0.296 e. The first-order valence-corrected chi connectivity index (χ1v) is 6.39. The van der Waals surface area contributed by atoms with E-state index < -0.39 is 0 Å². The first kappa shape index (κ1) is 12.8. The normalized spacial score (nSPS) is 24.2. The van der Waals surface area contributed by atoms with Gasteiger partial charge in [-0.1, -0.05) is 43.7 Å². The first-order valence-electron chi connectivity index (χ1n) is 6.39. The summed E-state index contributed by atoms with van der Waals surface area (Å²) >= 11 is 0. The lowest BCUT2D eigenvalue weighted by Crippen LogP contribution is -2.46. The van der Waals surface area contributed by atoms with Crippen LogP contribution in [0.5, 0.6) is 0 Å². The Hall–Kier alpha value is -1.64. The van der Waals surface area contributed by atoms with E-state index in [1.54, 1.807) is 0 Å². The van der Waals surface area contributed by atoms with Gasteiger partial charge < -0.3 is 0 Å². The Kier molecular flexibility index (Phi) is 3.50. The minimum atomic E-state index is -0.164. The molecule has 1 saturated heterocycles. The second-order valence-electron chi connectivity index (χ2n) is 5.40. The summed E-state index contributed by atoms with van der Waals surface area (Å²) in [5.74, 6) is -0.184. The molecule has 1 N–H and O–H groups in total. The zero-order valence-corrected chi connectivity index (χ0v) is 11.1. The molecule has 1 heterocycles. The molecular formula is C15H19NO2. The summed E-state index contributed by atoms with van der Waals surface area (Å²) < 4.78 is 0. The van der Waals surface area contributed by atoms with Crippen LogP contribution in [-0.4, -0.2) is 11.8 Å². The highest BCUT2D eigenvalue weighted by atomic mass is 16.2. The van der Waals surface area contributed by atoms with E-state index in [1.807, 2.05) is 45.0 Å². The summed E-state index contributed by atoms with van der Waals surface area (Å²) in [4.78, 5) is 23.5. The molecule has 0 saturated carbocycles. The number of rotatable bonds is 2. The number of amides is 2. The van der Waals surface area contributed by atoms with Crippen molar-refractivity contribution < 1.29 is 9.59 Å². The van der Waals surface area contributed by atoms with Crippen LogP contribution in [0.25, 0.3) is 0 Å². The summed E-state index contributed by atoms with van der Waals surface area (Å²) in [6.07, 6.45) is 0.400. The van der Waals surface area contributed by atoms with Gasteiger partial charge in [0.25, 0.3) is 0 Å². The van der Waals surface area contributed by atoms with Crippen molar-refractivity contribution in [2.75, 3.05) is 0 Å². The number of carbonyl (C=O) groups is 2. The van der Waals surface area contributed by atoms with E-state index in [0.29, 0.717) is 6.42 Å². The first-order chi connectivity index (χ1) is 8.49. The molecule has 3 nitrogen and oxygen atoms in total. The second-order valence-corrected chi connectivity index (χ2v) is 5.40. The number of piperidine rings is 1. The van der Waals surface area contributed by atoms with Crippen molar-refractivity contribution in [3.05, 3.63) is 35.4 Å². The lowest BCUT2D eigenvalue weighted by Gasteiger charge is -2.33. The number of imide groups is 1. The Morgan fingerprint density at radius 1 is 1.17 bits per heavy atom. The molecule has 96 valence electrons. The van der Waals surface area contributed by atoms with Gasteiger partial charge in [-0.15, -0.1) is 0 Å². The quantitative estimate of drug-likeness (QED) is 0.813. The van der Waals surface area contributed by atoms with E-state index in [4.69, 9.17) is 0 Å². The minimum absolute atomic E-state index is 0.00634. The molecule has 1 aromatic rings. The van der Waals surface area contributed by atoms with Gasteiger partial charge in [0.1, 0.15) is 0 Å². The van der Waals surface area contributed by atoms with Crippen molar-refractivity contribution in [2.24, 2.45) is 11.8 Å². The fourth-order valence-corrected chi connectivity index (χ4v) is 2.69. The van der Waals surface area contributed by atoms with Crippen LogP contribution in [0.2, 0.25) is 0 Å². The van der Waals surface area contributed by atoms with Crippen molar-refractivity contribution in [2.45, 2.75) is 33.1 Å². The summed E-state index contributed by atoms with van der Waals surface area (Å²) in [5, 5.41) is 2.44. The minimum Gasteiger partial charge on any atom is -0.296 e. The molecule has 0 aromatic heterocycles. The van der Waals surface area contributed by atoms with Crippen LogP contribution >= 0.6 is 0 Å². The molecule has 0 aliphatic carbocycles. The number of benzene rings is 1. The third kappa shape index (κ3) is 2.45. The van der Waals surface area contributed by atoms with Crippen LogP contribution < -0.4 is 5.32 Å². The van der Waals surface area contributed by atoms with Crippen LogP contribution in [-0.2, 0) is 9.59 Å². The number of aryl methyl sites for hydroxylation is 1. The zero-order valence-electron chi connectivity index (χ0n) is 11.1. The third-order valence-corrected chi connectivity index (χ3v) is 3.63. The van der Waals surface area contributed by atoms with Gasteiger partial charge in [-0.05, 0) is 18.4 Å². The highest BCUT2D eigenvalue weighted by Gasteiger charge is 2.38. The maximum absolute atomic E-state index is 12.0. The van der Waals surface area contributed by atoms with Crippen molar-refractivity contribution in [1.29, 1.82) is 0 Å². The molecule has 0 radical (unpaired) electrons. The van der Waals surface area contributed by atoms with Crippen LogP contribution in [0, 0.1) is 18.8 Å². The Labute approximate surface area is 108 Å². The van der Waals surface area contributed by atoms with Crippen molar-refractivity contribution in [3.63, 3.8) is 0 Å². The molecule has 0 spiro atoms. The standard InChI is InChI=1S/C15H19NO2/c1-9(2)14-12(8-13(17)16-15(14)18)11-6-4-10(3)5-7-11/h4-7,9,12,14H,8H2,1-3H3,(H,16,17,18). The van der Waals surface area contributed by atoms with Gasteiger partial charge in [-0.2, -0.15) is 0 Å². The molecule has 18 heavy (non-hydrogen) atoms. The summed E-state index contributed by atoms with van der Waals surface area (Å²) in [6, 6.07) is 8.12. The van der Waals surface area contributed by atoms with E-state index in [2.05, 4.69) is 5.32 Å². The van der Waals surface area contributed by atoms with Gasteiger partial charge in [0, 0.05) is 18.3 Å². The van der Waals surface area contributed by atoms with E-state index in [9.17, 15) is 9.59 Å². The monoisotopic (exact) mass is 245 g/mol. The van der Waals surface area contributed by atoms with Crippen LogP contribution in [0.15, 0.2) is 24.3 Å². The summed E-state index contributed by atoms with van der Waals surface area (Å²) in [5.41, 5.74) is 2.27. The predicted octanol–water partition coefficient (Wildman–Crippen LogP) is 2.40. The molecule has 1 aliphatic heterocycles. The van der Waals surface area contributed by atoms with Gasteiger partial charge in [-0.25, -0.2) is 0 Å². The molecule has 3 heteroatoms. The Morgan fingerprint density at radius 2 is 1.78 bits per heavy atom. The van der Waals surface area contributed by atoms with Crippen molar-refractivity contribution in [3.8, 4) is 0 Å². The predicted molar refractivity (Wildman–Crippen MR) is 70.0 cm³/mol. The highest BCUT2D eigenvalue weighted by molar-refractivity contribution is 6.00. The highest BCUT2D eigenvalue weighted by Crippen LogP contribution is 2.35. The number of hydrogen-bond donors (Lipinski definition) is 1. The maximum Gasteiger partial charge on any atom is 0.230 e. The van der Waals surface area contributed by atoms with Gasteiger partial charge in [0.15, 0.2) is 0 Å². The Balaban J connectivity index is 2.34. The second kappa shape index (κ2) is 4.92. The number of nitrogens with one attached hydrogen (secondary N) is 1. The molecule has 2 unspecified atom stereocenters. The van der Waals surface area contributed by atoms with Crippen LogP contribution in [0.4, 0.5) is 0 Å². The van der Waals surface area contributed by atoms with Gasteiger partial charge >= 0.3 is 0 Å². The molecule has 1 aromatic carbocycles. The van der Waals surface area contributed by atoms with E-state index in [1.165, 1.54) is 5.56 Å². The van der Waals surface area contributed by atoms with Gasteiger partial charge in [0.2, 0.25) is 11.8 Å². The van der Waals surface area contributed by atoms with Crippen molar-refractivity contribution >= 4 is 11.8 Å². The number of carbonyl (C=O) groups excluding carboxylic acids is 2. The lowest BCUT2D eigenvalue weighted by molar-refractivity contribution is -0.138. The van der Waals surface area contributed by atoms with E-state index in [0.717, 1.165) is 5.56 Å². The molecule has 2 amide bonds. The van der Waals surface area contributed by atoms with Gasteiger partial charge in [-0.3, -0.25) is 14.9 Å². The fraction of sp³-hybridized carbons (Fsp3) is 0.467. The molecule has 0 bridgehead atoms. The molecule has 1 fully saturated rings. The topological polar surface area (TPSA) is 46.2 Å². The van der Waals surface area contributed by atoms with E-state index >= 15 is 0 Å². The molecular weight excluding hydrogens is 226 g/mol. The number of hydrogen-bond acceptors (Lipinski definition) is 2. The average Bonchev–Trinajstić information content (AvgIpc) is 2.28. The van der Waals surface area contributed by atoms with E-state index in [-0.39, 0.29) is 29.6 Å². The molecule has 1 aliphatic rings. The molecule has 2 atom stereocenters. The third-order valence-electron chi connectivity index (χ3n) is 3.63. The Morgan fingerprint density at radius 3 is 2.33 bits per heavy atom. The SMILES string of the molecule is Cc1ccc(C2CC(=O)NC(=O)C2C(C)C)cc1. The Bertz CT molecular complexity index is 462. The lowest BCUT2D eigenvalue weighted by atomic mass is 9.74. The van der Waals surface area contributed by atoms with Gasteiger partial charge in [0.05, 0.1) is 0 Å². The average molecular weight is 245 g/mol. The smallest absolute Gasteiger partial charge is 0.230 e. The van der Waals surface area contributed by atoms with Crippen LogP contribution in [0.1, 0.15) is 37.3 Å². The summed E-state index contributed by atoms with van der Waals surface area (Å²) in [6.45, 7) is 6.09. The maximum atomic E-state index is 12.0. The van der Waals surface area contributed by atoms with Crippen molar-refractivity contribution in [1.82, 2.24) is 5.32 Å². The summed E-state index contributed by atoms with van der Waals surface area (Å²) in [7, 11) is 0. The fourth-order valence-electron chi connectivity index (χ4n) is 2.69. The van der Waals surface area contributed by atoms with Crippen LogP contribution in [0.3, 0.4) is 0 Å². The molecule has 2 rings (SSSR count).